The molecule has 3 rings (SSSR count). The monoisotopic (exact) mass is 393 g/mol. The fourth-order valence-corrected chi connectivity index (χ4v) is 3.09. The Hall–Kier alpha value is -2.71. The smallest absolute Gasteiger partial charge is 0.356 e. The minimum atomic E-state index is -4.51. The van der Waals surface area contributed by atoms with E-state index in [1.807, 2.05) is 4.90 Å². The Morgan fingerprint density at radius 1 is 1.21 bits per heavy atom. The van der Waals surface area contributed by atoms with Crippen molar-refractivity contribution in [2.24, 2.45) is 5.92 Å². The number of nitrogens with one attached hydrogen (secondary N) is 1. The first-order valence-electron chi connectivity index (χ1n) is 9.17. The van der Waals surface area contributed by atoms with Crippen LogP contribution in [0.5, 0.6) is 0 Å². The second-order valence-electron chi connectivity index (χ2n) is 6.97. The first-order valence-corrected chi connectivity index (χ1v) is 9.17. The summed E-state index contributed by atoms with van der Waals surface area (Å²) in [5, 5.41) is 2.73. The van der Waals surface area contributed by atoms with Crippen molar-refractivity contribution in [3.63, 3.8) is 0 Å². The highest BCUT2D eigenvalue weighted by molar-refractivity contribution is 5.77. The standard InChI is InChI=1S/C19H22F3N5O/c1-13-5-9-27(10-6-13)18-14(3-4-15(26-18)19(20,21)22)12-25-17(28)11-16-23-7-2-8-24-16/h2-4,7-8,13H,5-6,9-12H2,1H3,(H,25,28). The van der Waals surface area contributed by atoms with Gasteiger partial charge in [0.15, 0.2) is 0 Å². The molecule has 0 bridgehead atoms. The summed E-state index contributed by atoms with van der Waals surface area (Å²) in [4.78, 5) is 25.9. The quantitative estimate of drug-likeness (QED) is 0.846. The molecule has 1 aliphatic heterocycles. The van der Waals surface area contributed by atoms with Crippen LogP contribution in [-0.2, 0) is 23.9 Å². The first-order chi connectivity index (χ1) is 13.3. The number of amides is 1. The number of alkyl halides is 3. The maximum atomic E-state index is 13.1. The average Bonchev–Trinajstić information content (AvgIpc) is 2.67. The zero-order valence-corrected chi connectivity index (χ0v) is 15.5. The van der Waals surface area contributed by atoms with Crippen molar-refractivity contribution in [1.29, 1.82) is 0 Å². The highest BCUT2D eigenvalue weighted by Gasteiger charge is 2.34. The highest BCUT2D eigenvalue weighted by Crippen LogP contribution is 2.32. The molecule has 0 radical (unpaired) electrons. The summed E-state index contributed by atoms with van der Waals surface area (Å²) in [5.41, 5.74) is -0.362. The number of rotatable bonds is 5. The molecule has 1 aliphatic rings. The van der Waals surface area contributed by atoms with Gasteiger partial charge >= 0.3 is 6.18 Å². The van der Waals surface area contributed by atoms with Crippen LogP contribution in [0.3, 0.4) is 0 Å². The molecule has 3 heterocycles. The Morgan fingerprint density at radius 3 is 2.54 bits per heavy atom. The summed E-state index contributed by atoms with van der Waals surface area (Å²) in [6, 6.07) is 4.00. The predicted molar refractivity (Wildman–Crippen MR) is 97.4 cm³/mol. The summed E-state index contributed by atoms with van der Waals surface area (Å²) < 4.78 is 39.4. The molecule has 0 aromatic carbocycles. The topological polar surface area (TPSA) is 71.0 Å². The Bertz CT molecular complexity index is 805. The molecule has 0 unspecified atom stereocenters. The summed E-state index contributed by atoms with van der Waals surface area (Å²) >= 11 is 0. The van der Waals surface area contributed by atoms with Crippen molar-refractivity contribution < 1.29 is 18.0 Å². The third kappa shape index (κ3) is 5.17. The minimum Gasteiger partial charge on any atom is -0.356 e. The van der Waals surface area contributed by atoms with Crippen LogP contribution >= 0.6 is 0 Å². The molecule has 6 nitrogen and oxygen atoms in total. The molecule has 0 atom stereocenters. The second kappa shape index (κ2) is 8.53. The van der Waals surface area contributed by atoms with E-state index in [1.165, 1.54) is 6.07 Å². The molecule has 2 aromatic heterocycles. The molecular weight excluding hydrogens is 371 g/mol. The van der Waals surface area contributed by atoms with Gasteiger partial charge in [-0.1, -0.05) is 13.0 Å². The van der Waals surface area contributed by atoms with E-state index in [0.717, 1.165) is 18.9 Å². The number of aromatic nitrogens is 3. The Kier molecular flexibility index (Phi) is 6.11. The number of piperidine rings is 1. The molecule has 1 saturated heterocycles. The van der Waals surface area contributed by atoms with Gasteiger partial charge in [-0.3, -0.25) is 4.79 Å². The normalized spacial score (nSPS) is 15.5. The molecule has 2 aromatic rings. The van der Waals surface area contributed by atoms with E-state index in [0.29, 0.717) is 30.4 Å². The van der Waals surface area contributed by atoms with Gasteiger partial charge in [0, 0.05) is 37.6 Å². The van der Waals surface area contributed by atoms with Crippen molar-refractivity contribution in [3.8, 4) is 0 Å². The van der Waals surface area contributed by atoms with Crippen molar-refractivity contribution in [2.75, 3.05) is 18.0 Å². The third-order valence-corrected chi connectivity index (χ3v) is 4.74. The number of carbonyl (C=O) groups is 1. The Balaban J connectivity index is 1.74. The summed E-state index contributed by atoms with van der Waals surface area (Å²) in [5.74, 6) is 0.911. The molecular formula is C19H22F3N5O. The predicted octanol–water partition coefficient (Wildman–Crippen LogP) is 2.99. The maximum absolute atomic E-state index is 13.1. The van der Waals surface area contributed by atoms with E-state index < -0.39 is 11.9 Å². The van der Waals surface area contributed by atoms with Gasteiger partial charge in [0.2, 0.25) is 5.91 Å². The molecule has 0 saturated carbocycles. The van der Waals surface area contributed by atoms with Crippen molar-refractivity contribution in [2.45, 2.75) is 38.9 Å². The first kappa shape index (κ1) is 20.0. The number of nitrogens with zero attached hydrogens (tertiary/aromatic N) is 4. The average molecular weight is 393 g/mol. The van der Waals surface area contributed by atoms with Crippen LogP contribution in [0.25, 0.3) is 0 Å². The van der Waals surface area contributed by atoms with Gasteiger partial charge in [-0.25, -0.2) is 15.0 Å². The lowest BCUT2D eigenvalue weighted by atomic mass is 9.99. The van der Waals surface area contributed by atoms with Crippen LogP contribution in [0.15, 0.2) is 30.6 Å². The molecule has 1 N–H and O–H groups in total. The van der Waals surface area contributed by atoms with Gasteiger partial charge in [-0.05, 0) is 30.9 Å². The van der Waals surface area contributed by atoms with Crippen LogP contribution < -0.4 is 10.2 Å². The van der Waals surface area contributed by atoms with E-state index in [2.05, 4.69) is 27.2 Å². The molecule has 1 amide bonds. The summed E-state index contributed by atoms with van der Waals surface area (Å²) in [6.07, 6.45) is 0.384. The van der Waals surface area contributed by atoms with Crippen LogP contribution in [0.1, 0.15) is 36.8 Å². The van der Waals surface area contributed by atoms with Crippen molar-refractivity contribution in [3.05, 3.63) is 47.7 Å². The molecule has 150 valence electrons. The SMILES string of the molecule is CC1CCN(c2nc(C(F)(F)F)ccc2CNC(=O)Cc2ncccn2)CC1. The number of halogens is 3. The number of anilines is 1. The van der Waals surface area contributed by atoms with Crippen molar-refractivity contribution in [1.82, 2.24) is 20.3 Å². The van der Waals surface area contributed by atoms with Gasteiger partial charge < -0.3 is 10.2 Å². The number of pyridine rings is 1. The fraction of sp³-hybridized carbons (Fsp3) is 0.474. The largest absolute Gasteiger partial charge is 0.433 e. The van der Waals surface area contributed by atoms with Crippen LogP contribution in [0, 0.1) is 5.92 Å². The van der Waals surface area contributed by atoms with Gasteiger partial charge in [0.05, 0.1) is 6.42 Å². The van der Waals surface area contributed by atoms with E-state index in [-0.39, 0.29) is 24.7 Å². The van der Waals surface area contributed by atoms with Crippen LogP contribution in [0.4, 0.5) is 19.0 Å². The van der Waals surface area contributed by atoms with E-state index in [1.54, 1.807) is 18.5 Å². The molecule has 0 aliphatic carbocycles. The molecule has 9 heteroatoms. The van der Waals surface area contributed by atoms with Gasteiger partial charge in [-0.15, -0.1) is 0 Å². The van der Waals surface area contributed by atoms with Crippen molar-refractivity contribution >= 4 is 11.7 Å². The summed E-state index contributed by atoms with van der Waals surface area (Å²) in [6.45, 7) is 3.52. The number of carbonyl (C=O) groups excluding carboxylic acids is 1. The number of hydrogen-bond acceptors (Lipinski definition) is 5. The highest BCUT2D eigenvalue weighted by atomic mass is 19.4. The second-order valence-corrected chi connectivity index (χ2v) is 6.97. The zero-order valence-electron chi connectivity index (χ0n) is 15.5. The van der Waals surface area contributed by atoms with Gasteiger partial charge in [-0.2, -0.15) is 13.2 Å². The third-order valence-electron chi connectivity index (χ3n) is 4.74. The Labute approximate surface area is 161 Å². The molecule has 0 spiro atoms. The lowest BCUT2D eigenvalue weighted by Gasteiger charge is -2.33. The Morgan fingerprint density at radius 2 is 1.89 bits per heavy atom. The summed E-state index contributed by atoms with van der Waals surface area (Å²) in [7, 11) is 0. The lowest BCUT2D eigenvalue weighted by Crippen LogP contribution is -2.35. The maximum Gasteiger partial charge on any atom is 0.433 e. The van der Waals surface area contributed by atoms with E-state index >= 15 is 0 Å². The fourth-order valence-electron chi connectivity index (χ4n) is 3.09. The van der Waals surface area contributed by atoms with E-state index in [9.17, 15) is 18.0 Å². The van der Waals surface area contributed by atoms with Crippen LogP contribution in [0.2, 0.25) is 0 Å². The minimum absolute atomic E-state index is 0.00542. The zero-order chi connectivity index (χ0) is 20.1. The number of hydrogen-bond donors (Lipinski definition) is 1. The molecule has 28 heavy (non-hydrogen) atoms. The lowest BCUT2D eigenvalue weighted by molar-refractivity contribution is -0.141. The van der Waals surface area contributed by atoms with Gasteiger partial charge in [0.1, 0.15) is 17.3 Å². The van der Waals surface area contributed by atoms with E-state index in [4.69, 9.17) is 0 Å². The van der Waals surface area contributed by atoms with Gasteiger partial charge in [0.25, 0.3) is 0 Å². The van der Waals surface area contributed by atoms with Crippen LogP contribution in [-0.4, -0.2) is 33.9 Å². The molecule has 1 fully saturated rings.